The van der Waals surface area contributed by atoms with E-state index < -0.39 is 29.2 Å². The van der Waals surface area contributed by atoms with Crippen LogP contribution in [-0.2, 0) is 39.9 Å². The van der Waals surface area contributed by atoms with Crippen LogP contribution >= 0.6 is 0 Å². The molecule has 146 valence electrons. The van der Waals surface area contributed by atoms with Crippen LogP contribution in [0.15, 0.2) is 30.3 Å². The van der Waals surface area contributed by atoms with Gasteiger partial charge >= 0.3 is 11.9 Å². The molecule has 0 N–H and O–H groups in total. The number of methoxy groups -OCH3 is 1. The van der Waals surface area contributed by atoms with Crippen LogP contribution in [0.4, 0.5) is 0 Å². The maximum absolute atomic E-state index is 12.8. The molecule has 0 amide bonds. The van der Waals surface area contributed by atoms with E-state index >= 15 is 0 Å². The van der Waals surface area contributed by atoms with Crippen LogP contribution in [0, 0.1) is 5.41 Å². The van der Waals surface area contributed by atoms with Gasteiger partial charge in [-0.25, -0.2) is 0 Å². The predicted octanol–water partition coefficient (Wildman–Crippen LogP) is 2.16. The number of Topliss-reactive ketones (excluding diaryl/α,β-unsaturated/α-hetero) is 1. The van der Waals surface area contributed by atoms with Gasteiger partial charge in [0.15, 0.2) is 17.7 Å². The smallest absolute Gasteiger partial charge is 0.315 e. The second-order valence-corrected chi connectivity index (χ2v) is 7.12. The Balaban J connectivity index is 1.75. The van der Waals surface area contributed by atoms with Crippen molar-refractivity contribution in [3.8, 4) is 0 Å². The Morgan fingerprint density at radius 3 is 2.70 bits per heavy atom. The summed E-state index contributed by atoms with van der Waals surface area (Å²) in [7, 11) is 1.28. The van der Waals surface area contributed by atoms with Crippen LogP contribution in [0.3, 0.4) is 0 Å². The lowest BCUT2D eigenvalue weighted by molar-refractivity contribution is -0.250. The first-order valence-corrected chi connectivity index (χ1v) is 9.02. The monoisotopic (exact) mass is 376 g/mol. The number of ketones is 1. The van der Waals surface area contributed by atoms with Gasteiger partial charge in [0, 0.05) is 19.3 Å². The number of hydrogen-bond donors (Lipinski definition) is 0. The highest BCUT2D eigenvalue weighted by Crippen LogP contribution is 2.49. The minimum Gasteiger partial charge on any atom is -0.469 e. The van der Waals surface area contributed by atoms with Crippen molar-refractivity contribution in [1.82, 2.24) is 0 Å². The highest BCUT2D eigenvalue weighted by atomic mass is 16.7. The Labute approximate surface area is 157 Å². The summed E-state index contributed by atoms with van der Waals surface area (Å²) in [4.78, 5) is 36.8. The third-order valence-electron chi connectivity index (χ3n) is 5.47. The van der Waals surface area contributed by atoms with Crippen molar-refractivity contribution in [2.45, 2.75) is 51.1 Å². The van der Waals surface area contributed by atoms with Crippen LogP contribution < -0.4 is 0 Å². The Morgan fingerprint density at radius 2 is 2.00 bits per heavy atom. The van der Waals surface area contributed by atoms with E-state index in [0.717, 1.165) is 5.56 Å². The molecular weight excluding hydrogens is 352 g/mol. The van der Waals surface area contributed by atoms with Crippen molar-refractivity contribution in [2.75, 3.05) is 13.7 Å². The first-order chi connectivity index (χ1) is 12.9. The van der Waals surface area contributed by atoms with Crippen molar-refractivity contribution in [3.63, 3.8) is 0 Å². The van der Waals surface area contributed by atoms with Crippen LogP contribution in [0.5, 0.6) is 0 Å². The maximum atomic E-state index is 12.8. The molecule has 1 aromatic rings. The molecule has 0 bridgehead atoms. The standard InChI is InChI=1S/C20H24O7/c1-19(11-10-16(22)24-2)18(23)26-13-20(19)15(21)8-9-17(27-20)25-12-14-6-4-3-5-7-14/h3-7,17H,8-13H2,1-2H3/t17-,19+,20-/m0/s1. The normalized spacial score (nSPS) is 30.4. The number of ether oxygens (including phenoxy) is 4. The third-order valence-corrected chi connectivity index (χ3v) is 5.47. The van der Waals surface area contributed by atoms with E-state index in [2.05, 4.69) is 4.74 Å². The summed E-state index contributed by atoms with van der Waals surface area (Å²) in [6, 6.07) is 9.62. The van der Waals surface area contributed by atoms with Crippen molar-refractivity contribution in [2.24, 2.45) is 5.41 Å². The molecule has 2 heterocycles. The molecule has 7 heteroatoms. The van der Waals surface area contributed by atoms with Gasteiger partial charge in [-0.3, -0.25) is 14.4 Å². The number of carbonyl (C=O) groups excluding carboxylic acids is 3. The summed E-state index contributed by atoms with van der Waals surface area (Å²) in [5.74, 6) is -1.19. The molecule has 3 atom stereocenters. The van der Waals surface area contributed by atoms with Crippen LogP contribution in [-0.4, -0.2) is 43.3 Å². The molecule has 1 aromatic carbocycles. The largest absolute Gasteiger partial charge is 0.469 e. The topological polar surface area (TPSA) is 88.1 Å². The zero-order valence-electron chi connectivity index (χ0n) is 15.6. The van der Waals surface area contributed by atoms with Gasteiger partial charge in [-0.2, -0.15) is 0 Å². The molecule has 2 aliphatic rings. The average Bonchev–Trinajstić information content (AvgIpc) is 2.94. The van der Waals surface area contributed by atoms with E-state index in [0.29, 0.717) is 13.0 Å². The predicted molar refractivity (Wildman–Crippen MR) is 93.4 cm³/mol. The fourth-order valence-corrected chi connectivity index (χ4v) is 3.64. The van der Waals surface area contributed by atoms with Gasteiger partial charge in [-0.1, -0.05) is 30.3 Å². The number of rotatable bonds is 6. The quantitative estimate of drug-likeness (QED) is 0.703. The number of benzene rings is 1. The van der Waals surface area contributed by atoms with E-state index in [1.54, 1.807) is 6.92 Å². The van der Waals surface area contributed by atoms with E-state index in [4.69, 9.17) is 14.2 Å². The summed E-state index contributed by atoms with van der Waals surface area (Å²) in [5, 5.41) is 0. The lowest BCUT2D eigenvalue weighted by Gasteiger charge is -2.43. The molecular formula is C20H24O7. The summed E-state index contributed by atoms with van der Waals surface area (Å²) in [5.41, 5.74) is -1.70. The minimum absolute atomic E-state index is 0.00394. The maximum Gasteiger partial charge on any atom is 0.315 e. The molecule has 27 heavy (non-hydrogen) atoms. The molecule has 3 rings (SSSR count). The van der Waals surface area contributed by atoms with Gasteiger partial charge < -0.3 is 18.9 Å². The molecule has 0 aliphatic carbocycles. The fourth-order valence-electron chi connectivity index (χ4n) is 3.64. The number of esters is 2. The van der Waals surface area contributed by atoms with Gasteiger partial charge in [-0.05, 0) is 18.9 Å². The Bertz CT molecular complexity index is 716. The molecule has 2 aliphatic heterocycles. The molecule has 0 aromatic heterocycles. The molecule has 2 fully saturated rings. The van der Waals surface area contributed by atoms with Gasteiger partial charge in [-0.15, -0.1) is 0 Å². The first-order valence-electron chi connectivity index (χ1n) is 9.02. The lowest BCUT2D eigenvalue weighted by atomic mass is 9.68. The molecule has 0 radical (unpaired) electrons. The van der Waals surface area contributed by atoms with Crippen LogP contribution in [0.2, 0.25) is 0 Å². The highest BCUT2D eigenvalue weighted by Gasteiger charge is 2.66. The van der Waals surface area contributed by atoms with Gasteiger partial charge in [0.25, 0.3) is 0 Å². The third kappa shape index (κ3) is 3.61. The Morgan fingerprint density at radius 1 is 1.26 bits per heavy atom. The molecule has 2 saturated heterocycles. The Kier molecular flexibility index (Phi) is 5.62. The van der Waals surface area contributed by atoms with Gasteiger partial charge in [0.2, 0.25) is 0 Å². The second kappa shape index (κ2) is 7.78. The fraction of sp³-hybridized carbons (Fsp3) is 0.550. The average molecular weight is 376 g/mol. The first kappa shape index (κ1) is 19.5. The second-order valence-electron chi connectivity index (χ2n) is 7.12. The summed E-state index contributed by atoms with van der Waals surface area (Å²) in [6.07, 6.45) is 0.111. The number of hydrogen-bond acceptors (Lipinski definition) is 7. The molecule has 0 saturated carbocycles. The summed E-state index contributed by atoms with van der Waals surface area (Å²) >= 11 is 0. The summed E-state index contributed by atoms with van der Waals surface area (Å²) in [6.45, 7) is 1.79. The minimum atomic E-state index is -1.43. The van der Waals surface area contributed by atoms with Crippen molar-refractivity contribution in [3.05, 3.63) is 35.9 Å². The van der Waals surface area contributed by atoms with Gasteiger partial charge in [0.05, 0.1) is 13.7 Å². The highest BCUT2D eigenvalue weighted by molar-refractivity contribution is 5.98. The van der Waals surface area contributed by atoms with E-state index in [9.17, 15) is 14.4 Å². The zero-order valence-corrected chi connectivity index (χ0v) is 15.6. The van der Waals surface area contributed by atoms with Crippen LogP contribution in [0.25, 0.3) is 0 Å². The van der Waals surface area contributed by atoms with E-state index in [1.807, 2.05) is 30.3 Å². The van der Waals surface area contributed by atoms with Crippen molar-refractivity contribution < 1.29 is 33.3 Å². The number of cyclic esters (lactones) is 1. The Hall–Kier alpha value is -2.25. The lowest BCUT2D eigenvalue weighted by Crippen LogP contribution is -2.59. The number of carbonyl (C=O) groups is 3. The SMILES string of the molecule is COC(=O)CC[C@]1(C)C(=O)OC[C@@]12O[C@H](OCc1ccccc1)CCC2=O. The summed E-state index contributed by atoms with van der Waals surface area (Å²) < 4.78 is 21.8. The van der Waals surface area contributed by atoms with Gasteiger partial charge in [0.1, 0.15) is 12.0 Å². The van der Waals surface area contributed by atoms with Crippen LogP contribution in [0.1, 0.15) is 38.2 Å². The zero-order chi connectivity index (χ0) is 19.5. The molecule has 1 spiro atoms. The molecule has 7 nitrogen and oxygen atoms in total. The van der Waals surface area contributed by atoms with E-state index in [-0.39, 0.29) is 31.7 Å². The van der Waals surface area contributed by atoms with Crippen molar-refractivity contribution >= 4 is 17.7 Å². The van der Waals surface area contributed by atoms with E-state index in [1.165, 1.54) is 7.11 Å². The van der Waals surface area contributed by atoms with Crippen molar-refractivity contribution in [1.29, 1.82) is 0 Å². The molecule has 0 unspecified atom stereocenters.